The molecule has 0 spiro atoms. The smallest absolute Gasteiger partial charge is 0.416 e. The van der Waals surface area contributed by atoms with E-state index >= 15 is 0 Å². The molecule has 41 heavy (non-hydrogen) atoms. The van der Waals surface area contributed by atoms with Crippen LogP contribution in [0.15, 0.2) is 70.3 Å². The van der Waals surface area contributed by atoms with Gasteiger partial charge in [0, 0.05) is 37.1 Å². The summed E-state index contributed by atoms with van der Waals surface area (Å²) in [7, 11) is 0. The first-order chi connectivity index (χ1) is 19.7. The van der Waals surface area contributed by atoms with Crippen LogP contribution >= 0.6 is 0 Å². The molecule has 2 aromatic heterocycles. The van der Waals surface area contributed by atoms with E-state index in [0.717, 1.165) is 17.7 Å². The van der Waals surface area contributed by atoms with Gasteiger partial charge in [-0.2, -0.15) is 13.2 Å². The third-order valence-corrected chi connectivity index (χ3v) is 7.01. The number of amides is 1. The number of benzene rings is 2. The number of carbonyl (C=O) groups is 1. The minimum absolute atomic E-state index is 0.0919. The van der Waals surface area contributed by atoms with Crippen LogP contribution in [0.1, 0.15) is 52.1 Å². The van der Waals surface area contributed by atoms with Crippen LogP contribution in [0, 0.1) is 12.3 Å². The molecule has 1 aliphatic rings. The summed E-state index contributed by atoms with van der Waals surface area (Å²) in [5.74, 6) is 3.17. The topological polar surface area (TPSA) is 93.3 Å². The fraction of sp³-hybridized carbons (Fsp3) is 0.267. The van der Waals surface area contributed by atoms with E-state index in [4.69, 9.17) is 15.8 Å². The SMILES string of the molecule is C#CCCn1c(N[C@@H](C)c2ccc(C(F)(F)F)cc2)nc2c(c1=O)CN(C(=O)c1ccc(-c3cnco3)cc1)CC2. The molecule has 0 saturated carbocycles. The summed E-state index contributed by atoms with van der Waals surface area (Å²) < 4.78 is 45.7. The van der Waals surface area contributed by atoms with Gasteiger partial charge in [-0.05, 0) is 36.8 Å². The second-order valence-electron chi connectivity index (χ2n) is 9.68. The van der Waals surface area contributed by atoms with E-state index < -0.39 is 17.8 Å². The molecule has 4 aromatic rings. The fourth-order valence-corrected chi connectivity index (χ4v) is 4.74. The maximum absolute atomic E-state index is 13.6. The summed E-state index contributed by atoms with van der Waals surface area (Å²) in [4.78, 5) is 37.1. The molecule has 11 heteroatoms. The number of halogens is 3. The molecule has 0 aliphatic carbocycles. The standard InChI is InChI=1S/C30H26F3N5O3/c1-3-4-14-38-28(40)24-17-37(27(39)22-7-5-21(6-8-22)26-16-34-18-41-26)15-13-25(24)36-29(38)35-19(2)20-9-11-23(12-10-20)30(31,32)33/h1,5-12,16,18-19H,4,13-15,17H2,2H3,(H,35,36)/t19-/m0/s1. The molecule has 0 fully saturated rings. The summed E-state index contributed by atoms with van der Waals surface area (Å²) in [5, 5.41) is 3.17. The zero-order valence-corrected chi connectivity index (χ0v) is 22.1. The molecular weight excluding hydrogens is 535 g/mol. The van der Waals surface area contributed by atoms with Crippen molar-refractivity contribution in [3.05, 3.63) is 99.4 Å². The molecular formula is C30H26F3N5O3. The third-order valence-electron chi connectivity index (χ3n) is 7.01. The predicted octanol–water partition coefficient (Wildman–Crippen LogP) is 5.31. The van der Waals surface area contributed by atoms with Gasteiger partial charge in [-0.25, -0.2) is 9.97 Å². The summed E-state index contributed by atoms with van der Waals surface area (Å²) in [6.45, 7) is 2.42. The molecule has 1 aliphatic heterocycles. The second-order valence-corrected chi connectivity index (χ2v) is 9.68. The fourth-order valence-electron chi connectivity index (χ4n) is 4.74. The largest absolute Gasteiger partial charge is 0.444 e. The highest BCUT2D eigenvalue weighted by Gasteiger charge is 2.30. The number of terminal acetylenes is 1. The van der Waals surface area contributed by atoms with Gasteiger partial charge in [0.15, 0.2) is 12.2 Å². The van der Waals surface area contributed by atoms with Gasteiger partial charge in [0.2, 0.25) is 5.95 Å². The van der Waals surface area contributed by atoms with Crippen LogP contribution in [0.25, 0.3) is 11.3 Å². The first kappa shape index (κ1) is 27.7. The van der Waals surface area contributed by atoms with Gasteiger partial charge in [0.1, 0.15) is 0 Å². The van der Waals surface area contributed by atoms with Crippen molar-refractivity contribution in [1.29, 1.82) is 0 Å². The maximum Gasteiger partial charge on any atom is 0.416 e. The number of oxazole rings is 1. The summed E-state index contributed by atoms with van der Waals surface area (Å²) >= 11 is 0. The van der Waals surface area contributed by atoms with Gasteiger partial charge < -0.3 is 14.6 Å². The lowest BCUT2D eigenvalue weighted by Crippen LogP contribution is -2.41. The lowest BCUT2D eigenvalue weighted by atomic mass is 10.0. The van der Waals surface area contributed by atoms with E-state index in [9.17, 15) is 22.8 Å². The first-order valence-electron chi connectivity index (χ1n) is 12.9. The molecule has 0 unspecified atom stereocenters. The minimum Gasteiger partial charge on any atom is -0.444 e. The molecule has 1 atom stereocenters. The van der Waals surface area contributed by atoms with Crippen LogP contribution in [0.3, 0.4) is 0 Å². The van der Waals surface area contributed by atoms with Crippen molar-refractivity contribution in [2.24, 2.45) is 0 Å². The molecule has 3 heterocycles. The van der Waals surface area contributed by atoms with Crippen LogP contribution in [-0.2, 0) is 25.7 Å². The lowest BCUT2D eigenvalue weighted by molar-refractivity contribution is -0.137. The van der Waals surface area contributed by atoms with Crippen LogP contribution in [0.5, 0.6) is 0 Å². The van der Waals surface area contributed by atoms with Crippen molar-refractivity contribution >= 4 is 11.9 Å². The number of rotatable bonds is 7. The van der Waals surface area contributed by atoms with Gasteiger partial charge in [-0.3, -0.25) is 14.2 Å². The Bertz CT molecular complexity index is 1640. The van der Waals surface area contributed by atoms with E-state index in [1.54, 1.807) is 42.3 Å². The van der Waals surface area contributed by atoms with Gasteiger partial charge in [-0.1, -0.05) is 24.3 Å². The minimum atomic E-state index is -4.43. The van der Waals surface area contributed by atoms with Crippen LogP contribution < -0.4 is 10.9 Å². The number of nitrogens with one attached hydrogen (secondary N) is 1. The Balaban J connectivity index is 1.38. The quantitative estimate of drug-likeness (QED) is 0.308. The highest BCUT2D eigenvalue weighted by atomic mass is 19.4. The van der Waals surface area contributed by atoms with Gasteiger partial charge >= 0.3 is 6.18 Å². The van der Waals surface area contributed by atoms with E-state index in [1.165, 1.54) is 23.1 Å². The van der Waals surface area contributed by atoms with Gasteiger partial charge in [0.25, 0.3) is 11.5 Å². The van der Waals surface area contributed by atoms with Crippen LogP contribution in [0.4, 0.5) is 19.1 Å². The van der Waals surface area contributed by atoms with Gasteiger partial charge in [-0.15, -0.1) is 12.3 Å². The Kier molecular flexibility index (Phi) is 7.66. The monoisotopic (exact) mass is 561 g/mol. The average Bonchev–Trinajstić information content (AvgIpc) is 3.51. The number of hydrogen-bond donors (Lipinski definition) is 1. The number of hydrogen-bond acceptors (Lipinski definition) is 6. The average molecular weight is 562 g/mol. The Hall–Kier alpha value is -4.85. The van der Waals surface area contributed by atoms with Crippen molar-refractivity contribution in [2.75, 3.05) is 11.9 Å². The molecule has 0 radical (unpaired) electrons. The Morgan fingerprint density at radius 3 is 2.54 bits per heavy atom. The number of alkyl halides is 3. The number of nitrogens with zero attached hydrogens (tertiary/aromatic N) is 4. The zero-order chi connectivity index (χ0) is 29.1. The molecule has 8 nitrogen and oxygen atoms in total. The summed E-state index contributed by atoms with van der Waals surface area (Å²) in [6, 6.07) is 11.3. The molecule has 0 bridgehead atoms. The molecule has 0 saturated heterocycles. The van der Waals surface area contributed by atoms with Crippen molar-refractivity contribution in [1.82, 2.24) is 19.4 Å². The normalized spacial score (nSPS) is 13.8. The van der Waals surface area contributed by atoms with Gasteiger partial charge in [0.05, 0.1) is 35.6 Å². The summed E-state index contributed by atoms with van der Waals surface area (Å²) in [6.07, 6.45) is 4.59. The Morgan fingerprint density at radius 2 is 1.90 bits per heavy atom. The highest BCUT2D eigenvalue weighted by Crippen LogP contribution is 2.30. The van der Waals surface area contributed by atoms with Crippen molar-refractivity contribution in [3.63, 3.8) is 0 Å². The van der Waals surface area contributed by atoms with Crippen molar-refractivity contribution in [3.8, 4) is 23.7 Å². The molecule has 1 N–H and O–H groups in total. The van der Waals surface area contributed by atoms with Crippen LogP contribution in [0.2, 0.25) is 0 Å². The molecule has 2 aromatic carbocycles. The van der Waals surface area contributed by atoms with E-state index in [0.29, 0.717) is 41.1 Å². The van der Waals surface area contributed by atoms with Crippen LogP contribution in [-0.4, -0.2) is 31.9 Å². The third kappa shape index (κ3) is 5.87. The zero-order valence-electron chi connectivity index (χ0n) is 22.1. The first-order valence-corrected chi connectivity index (χ1v) is 12.9. The predicted molar refractivity (Wildman–Crippen MR) is 146 cm³/mol. The molecule has 1 amide bonds. The van der Waals surface area contributed by atoms with E-state index in [2.05, 4.69) is 16.2 Å². The lowest BCUT2D eigenvalue weighted by Gasteiger charge is -2.29. The molecule has 5 rings (SSSR count). The number of anilines is 1. The Morgan fingerprint density at radius 1 is 1.17 bits per heavy atom. The maximum atomic E-state index is 13.6. The number of aromatic nitrogens is 3. The second kappa shape index (κ2) is 11.3. The van der Waals surface area contributed by atoms with E-state index in [-0.39, 0.29) is 36.9 Å². The van der Waals surface area contributed by atoms with Crippen molar-refractivity contribution < 1.29 is 22.4 Å². The summed E-state index contributed by atoms with van der Waals surface area (Å²) in [5.41, 5.74) is 1.78. The number of fused-ring (bicyclic) bond motifs is 1. The van der Waals surface area contributed by atoms with Crippen molar-refractivity contribution in [2.45, 2.75) is 45.1 Å². The Labute approximate surface area is 233 Å². The number of carbonyl (C=O) groups excluding carboxylic acids is 1. The molecule has 210 valence electrons. The highest BCUT2D eigenvalue weighted by molar-refractivity contribution is 5.94. The van der Waals surface area contributed by atoms with E-state index in [1.807, 2.05) is 0 Å².